The standard InChI is InChI=1S/C15H30O6/c1-3-5-7-17-9-11-19-13-14-20-12-10-18-8-6-15(16)21-4-2/h3-14H2,1-2H3. The first-order chi connectivity index (χ1) is 10.3. The van der Waals surface area contributed by atoms with Gasteiger partial charge in [0.1, 0.15) is 0 Å². The Morgan fingerprint density at radius 2 is 1.19 bits per heavy atom. The summed E-state index contributed by atoms with van der Waals surface area (Å²) in [5.74, 6) is -0.229. The molecule has 6 nitrogen and oxygen atoms in total. The molecule has 6 heteroatoms. The Morgan fingerprint density at radius 1 is 0.714 bits per heavy atom. The van der Waals surface area contributed by atoms with Gasteiger partial charge < -0.3 is 23.7 Å². The minimum Gasteiger partial charge on any atom is -0.466 e. The first kappa shape index (κ1) is 20.3. The zero-order chi connectivity index (χ0) is 15.6. The van der Waals surface area contributed by atoms with E-state index < -0.39 is 0 Å². The zero-order valence-corrected chi connectivity index (χ0v) is 13.4. The number of carbonyl (C=O) groups excluding carboxylic acids is 1. The van der Waals surface area contributed by atoms with Gasteiger partial charge in [0.05, 0.1) is 59.3 Å². The smallest absolute Gasteiger partial charge is 0.308 e. The second-order valence-electron chi connectivity index (χ2n) is 4.36. The van der Waals surface area contributed by atoms with Crippen molar-refractivity contribution in [3.05, 3.63) is 0 Å². The zero-order valence-electron chi connectivity index (χ0n) is 13.4. The van der Waals surface area contributed by atoms with Crippen molar-refractivity contribution in [1.29, 1.82) is 0 Å². The summed E-state index contributed by atoms with van der Waals surface area (Å²) in [6, 6.07) is 0. The molecule has 0 bridgehead atoms. The molecule has 0 spiro atoms. The molecular formula is C15H30O6. The lowest BCUT2D eigenvalue weighted by molar-refractivity contribution is -0.144. The molecule has 0 aromatic heterocycles. The molecule has 126 valence electrons. The summed E-state index contributed by atoms with van der Waals surface area (Å²) in [7, 11) is 0. The van der Waals surface area contributed by atoms with Crippen LogP contribution in [0.1, 0.15) is 33.1 Å². The van der Waals surface area contributed by atoms with Crippen molar-refractivity contribution >= 4 is 5.97 Å². The van der Waals surface area contributed by atoms with Gasteiger partial charge in [-0.2, -0.15) is 0 Å². The number of hydrogen-bond donors (Lipinski definition) is 0. The first-order valence-corrected chi connectivity index (χ1v) is 7.77. The van der Waals surface area contributed by atoms with E-state index in [-0.39, 0.29) is 12.4 Å². The summed E-state index contributed by atoms with van der Waals surface area (Å²) >= 11 is 0. The van der Waals surface area contributed by atoms with Crippen LogP contribution in [-0.4, -0.2) is 65.4 Å². The van der Waals surface area contributed by atoms with E-state index in [1.165, 1.54) is 0 Å². The minimum atomic E-state index is -0.229. The van der Waals surface area contributed by atoms with Crippen LogP contribution in [0.15, 0.2) is 0 Å². The molecule has 0 aromatic carbocycles. The summed E-state index contributed by atoms with van der Waals surface area (Å²) in [5, 5.41) is 0. The summed E-state index contributed by atoms with van der Waals surface area (Å²) in [6.07, 6.45) is 2.53. The van der Waals surface area contributed by atoms with Crippen LogP contribution in [0.2, 0.25) is 0 Å². The highest BCUT2D eigenvalue weighted by molar-refractivity contribution is 5.69. The molecule has 0 radical (unpaired) electrons. The molecule has 0 saturated carbocycles. The Balaban J connectivity index is 3.01. The maximum Gasteiger partial charge on any atom is 0.308 e. The van der Waals surface area contributed by atoms with E-state index in [0.29, 0.717) is 52.9 Å². The van der Waals surface area contributed by atoms with E-state index >= 15 is 0 Å². The van der Waals surface area contributed by atoms with Gasteiger partial charge in [-0.25, -0.2) is 0 Å². The molecular weight excluding hydrogens is 276 g/mol. The van der Waals surface area contributed by atoms with E-state index in [2.05, 4.69) is 6.92 Å². The van der Waals surface area contributed by atoms with Gasteiger partial charge in [-0.15, -0.1) is 0 Å². The molecule has 0 fully saturated rings. The Kier molecular flexibility index (Phi) is 16.8. The average molecular weight is 306 g/mol. The first-order valence-electron chi connectivity index (χ1n) is 7.77. The predicted molar refractivity (Wildman–Crippen MR) is 79.4 cm³/mol. The van der Waals surface area contributed by atoms with Crippen LogP contribution in [-0.2, 0) is 28.5 Å². The van der Waals surface area contributed by atoms with Crippen LogP contribution < -0.4 is 0 Å². The van der Waals surface area contributed by atoms with Gasteiger partial charge in [-0.3, -0.25) is 4.79 Å². The van der Waals surface area contributed by atoms with E-state index in [1.54, 1.807) is 6.92 Å². The molecule has 21 heavy (non-hydrogen) atoms. The second kappa shape index (κ2) is 17.4. The highest BCUT2D eigenvalue weighted by Crippen LogP contribution is 1.89. The third kappa shape index (κ3) is 17.3. The fourth-order valence-electron chi connectivity index (χ4n) is 1.40. The Morgan fingerprint density at radius 3 is 1.67 bits per heavy atom. The average Bonchev–Trinajstić information content (AvgIpc) is 2.48. The fourth-order valence-corrected chi connectivity index (χ4v) is 1.40. The van der Waals surface area contributed by atoms with Crippen molar-refractivity contribution in [3.63, 3.8) is 0 Å². The quantitative estimate of drug-likeness (QED) is 0.320. The maximum atomic E-state index is 11.0. The number of ether oxygens (including phenoxy) is 5. The number of rotatable bonds is 16. The summed E-state index contributed by atoms with van der Waals surface area (Å²) in [5.41, 5.74) is 0. The second-order valence-corrected chi connectivity index (χ2v) is 4.36. The van der Waals surface area contributed by atoms with Gasteiger partial charge in [0, 0.05) is 6.61 Å². The third-order valence-electron chi connectivity index (χ3n) is 2.51. The lowest BCUT2D eigenvalue weighted by atomic mass is 10.4. The van der Waals surface area contributed by atoms with Crippen molar-refractivity contribution in [2.75, 3.05) is 59.5 Å². The van der Waals surface area contributed by atoms with E-state index in [0.717, 1.165) is 19.4 Å². The highest BCUT2D eigenvalue weighted by atomic mass is 16.6. The van der Waals surface area contributed by atoms with Crippen LogP contribution in [0.3, 0.4) is 0 Å². The van der Waals surface area contributed by atoms with Crippen molar-refractivity contribution in [1.82, 2.24) is 0 Å². The van der Waals surface area contributed by atoms with Crippen molar-refractivity contribution < 1.29 is 28.5 Å². The van der Waals surface area contributed by atoms with Crippen molar-refractivity contribution in [2.24, 2.45) is 0 Å². The Bertz CT molecular complexity index is 222. The van der Waals surface area contributed by atoms with Crippen LogP contribution in [0.5, 0.6) is 0 Å². The fraction of sp³-hybridized carbons (Fsp3) is 0.933. The summed E-state index contributed by atoms with van der Waals surface area (Å²) < 4.78 is 26.1. The van der Waals surface area contributed by atoms with Crippen LogP contribution in [0.4, 0.5) is 0 Å². The molecule has 0 N–H and O–H groups in total. The van der Waals surface area contributed by atoms with Gasteiger partial charge in [0.15, 0.2) is 0 Å². The van der Waals surface area contributed by atoms with E-state index in [4.69, 9.17) is 23.7 Å². The molecule has 0 aliphatic rings. The number of carbonyl (C=O) groups is 1. The number of esters is 1. The Labute approximate surface area is 128 Å². The normalized spacial score (nSPS) is 10.8. The molecule has 0 saturated heterocycles. The highest BCUT2D eigenvalue weighted by Gasteiger charge is 2.00. The third-order valence-corrected chi connectivity index (χ3v) is 2.51. The molecule has 0 aromatic rings. The van der Waals surface area contributed by atoms with Crippen LogP contribution in [0.25, 0.3) is 0 Å². The van der Waals surface area contributed by atoms with Gasteiger partial charge in [-0.05, 0) is 13.3 Å². The lowest BCUT2D eigenvalue weighted by Gasteiger charge is -2.07. The van der Waals surface area contributed by atoms with Gasteiger partial charge in [0.25, 0.3) is 0 Å². The largest absolute Gasteiger partial charge is 0.466 e. The minimum absolute atomic E-state index is 0.229. The topological polar surface area (TPSA) is 63.2 Å². The molecule has 0 aliphatic heterocycles. The summed E-state index contributed by atoms with van der Waals surface area (Å²) in [4.78, 5) is 11.0. The van der Waals surface area contributed by atoms with E-state index in [1.807, 2.05) is 0 Å². The lowest BCUT2D eigenvalue weighted by Crippen LogP contribution is -2.13. The predicted octanol–water partition coefficient (Wildman–Crippen LogP) is 1.81. The van der Waals surface area contributed by atoms with Gasteiger partial charge in [0.2, 0.25) is 0 Å². The molecule has 0 unspecified atom stereocenters. The van der Waals surface area contributed by atoms with Crippen LogP contribution in [0, 0.1) is 0 Å². The van der Waals surface area contributed by atoms with Crippen LogP contribution >= 0.6 is 0 Å². The molecule has 0 aliphatic carbocycles. The number of unbranched alkanes of at least 4 members (excludes halogenated alkanes) is 1. The van der Waals surface area contributed by atoms with Crippen molar-refractivity contribution in [3.8, 4) is 0 Å². The molecule has 0 heterocycles. The maximum absolute atomic E-state index is 11.0. The monoisotopic (exact) mass is 306 g/mol. The summed E-state index contributed by atoms with van der Waals surface area (Å²) in [6.45, 7) is 8.80. The number of hydrogen-bond acceptors (Lipinski definition) is 6. The SMILES string of the molecule is CCCCOCCOCCOCCOCCC(=O)OCC. The van der Waals surface area contributed by atoms with Crippen molar-refractivity contribution in [2.45, 2.75) is 33.1 Å². The molecule has 0 rings (SSSR count). The molecule has 0 amide bonds. The van der Waals surface area contributed by atoms with Gasteiger partial charge >= 0.3 is 5.97 Å². The van der Waals surface area contributed by atoms with Gasteiger partial charge in [-0.1, -0.05) is 13.3 Å². The Hall–Kier alpha value is -0.690. The van der Waals surface area contributed by atoms with E-state index in [9.17, 15) is 4.79 Å². The molecule has 0 atom stereocenters.